The fraction of sp³-hybridized carbons (Fsp3) is 0.857. The largest absolute Gasteiger partial charge is 0.420 e. The van der Waals surface area contributed by atoms with Gasteiger partial charge in [-0.1, -0.05) is 26.0 Å². The SMILES string of the molecule is CC(C)C(O)(C1CC2C=CC1C2)C(F)(F)C(O)C(F)(F)F. The summed E-state index contributed by atoms with van der Waals surface area (Å²) in [4.78, 5) is 0. The summed E-state index contributed by atoms with van der Waals surface area (Å²) >= 11 is 0. The summed E-state index contributed by atoms with van der Waals surface area (Å²) in [7, 11) is 0. The van der Waals surface area contributed by atoms with E-state index in [4.69, 9.17) is 5.11 Å². The topological polar surface area (TPSA) is 40.5 Å². The third-order valence-electron chi connectivity index (χ3n) is 4.91. The summed E-state index contributed by atoms with van der Waals surface area (Å²) in [6.45, 7) is 2.51. The average molecular weight is 314 g/mol. The molecule has 0 heterocycles. The Morgan fingerprint density at radius 2 is 1.62 bits per heavy atom. The zero-order valence-electron chi connectivity index (χ0n) is 11.7. The van der Waals surface area contributed by atoms with E-state index in [-0.39, 0.29) is 18.3 Å². The Balaban J connectivity index is 2.40. The summed E-state index contributed by atoms with van der Waals surface area (Å²) < 4.78 is 66.4. The molecule has 0 radical (unpaired) electrons. The number of hydrogen-bond donors (Lipinski definition) is 2. The van der Waals surface area contributed by atoms with E-state index in [1.807, 2.05) is 6.08 Å². The van der Waals surface area contributed by atoms with Crippen LogP contribution in [0.4, 0.5) is 22.0 Å². The number of alkyl halides is 5. The molecule has 7 heteroatoms. The molecule has 0 aromatic carbocycles. The second-order valence-electron chi connectivity index (χ2n) is 6.43. The van der Waals surface area contributed by atoms with Gasteiger partial charge in [-0.25, -0.2) is 8.78 Å². The minimum absolute atomic E-state index is 0.0177. The molecule has 1 fully saturated rings. The highest BCUT2D eigenvalue weighted by Gasteiger charge is 2.70. The van der Waals surface area contributed by atoms with Crippen LogP contribution < -0.4 is 0 Å². The minimum Gasteiger partial charge on any atom is -0.383 e. The first-order valence-corrected chi connectivity index (χ1v) is 6.95. The Hall–Kier alpha value is -0.690. The maximum atomic E-state index is 14.3. The zero-order valence-corrected chi connectivity index (χ0v) is 11.7. The molecule has 2 aliphatic carbocycles. The Labute approximate surface area is 119 Å². The molecule has 2 rings (SSSR count). The quantitative estimate of drug-likeness (QED) is 0.618. The Morgan fingerprint density at radius 3 is 1.95 bits per heavy atom. The summed E-state index contributed by atoms with van der Waals surface area (Å²) in [5, 5.41) is 19.6. The van der Waals surface area contributed by atoms with Gasteiger partial charge in [0.2, 0.25) is 6.10 Å². The van der Waals surface area contributed by atoms with Crippen molar-refractivity contribution in [3.63, 3.8) is 0 Å². The second-order valence-corrected chi connectivity index (χ2v) is 6.43. The van der Waals surface area contributed by atoms with Gasteiger partial charge >= 0.3 is 12.1 Å². The van der Waals surface area contributed by atoms with Gasteiger partial charge in [-0.2, -0.15) is 13.2 Å². The van der Waals surface area contributed by atoms with Crippen molar-refractivity contribution in [2.24, 2.45) is 23.7 Å². The van der Waals surface area contributed by atoms with Gasteiger partial charge in [-0.15, -0.1) is 0 Å². The molecule has 2 nitrogen and oxygen atoms in total. The molecule has 0 aromatic rings. The van der Waals surface area contributed by atoms with Crippen molar-refractivity contribution in [1.82, 2.24) is 0 Å². The van der Waals surface area contributed by atoms with Crippen LogP contribution in [-0.4, -0.2) is 34.0 Å². The summed E-state index contributed by atoms with van der Waals surface area (Å²) in [5.41, 5.74) is -2.90. The first-order valence-electron chi connectivity index (χ1n) is 6.95. The molecule has 2 aliphatic rings. The van der Waals surface area contributed by atoms with Gasteiger partial charge in [0.1, 0.15) is 5.60 Å². The molecule has 2 bridgehead atoms. The summed E-state index contributed by atoms with van der Waals surface area (Å²) in [6, 6.07) is 0. The average Bonchev–Trinajstić information content (AvgIpc) is 2.97. The highest BCUT2D eigenvalue weighted by atomic mass is 19.4. The predicted octanol–water partition coefficient (Wildman–Crippen LogP) is 3.14. The molecule has 2 N–H and O–H groups in total. The number of aliphatic hydroxyl groups is 2. The Morgan fingerprint density at radius 1 is 1.05 bits per heavy atom. The molecule has 1 saturated carbocycles. The van der Waals surface area contributed by atoms with Crippen molar-refractivity contribution in [1.29, 1.82) is 0 Å². The van der Waals surface area contributed by atoms with Crippen molar-refractivity contribution in [3.05, 3.63) is 12.2 Å². The highest BCUT2D eigenvalue weighted by molar-refractivity contribution is 5.18. The highest BCUT2D eigenvalue weighted by Crippen LogP contribution is 2.56. The van der Waals surface area contributed by atoms with Crippen LogP contribution in [0.3, 0.4) is 0 Å². The fourth-order valence-electron chi connectivity index (χ4n) is 3.77. The van der Waals surface area contributed by atoms with E-state index in [0.29, 0.717) is 6.42 Å². The molecule has 0 amide bonds. The van der Waals surface area contributed by atoms with Crippen LogP contribution in [0.2, 0.25) is 0 Å². The lowest BCUT2D eigenvalue weighted by atomic mass is 9.67. The molecule has 0 aromatic heterocycles. The lowest BCUT2D eigenvalue weighted by Crippen LogP contribution is -2.66. The van der Waals surface area contributed by atoms with Crippen molar-refractivity contribution in [2.45, 2.75) is 50.5 Å². The van der Waals surface area contributed by atoms with Gasteiger partial charge in [0.25, 0.3) is 0 Å². The lowest BCUT2D eigenvalue weighted by molar-refractivity contribution is -0.333. The van der Waals surface area contributed by atoms with Gasteiger partial charge in [-0.05, 0) is 30.6 Å². The molecule has 122 valence electrons. The molecule has 5 atom stereocenters. The van der Waals surface area contributed by atoms with Crippen LogP contribution in [-0.2, 0) is 0 Å². The van der Waals surface area contributed by atoms with E-state index in [9.17, 15) is 27.1 Å². The van der Waals surface area contributed by atoms with Crippen LogP contribution in [0, 0.1) is 23.7 Å². The number of rotatable bonds is 4. The summed E-state index contributed by atoms with van der Waals surface area (Å²) in [6.07, 6.45) is -5.04. The van der Waals surface area contributed by atoms with Gasteiger partial charge in [-0.3, -0.25) is 0 Å². The third-order valence-corrected chi connectivity index (χ3v) is 4.91. The van der Waals surface area contributed by atoms with E-state index in [1.165, 1.54) is 13.8 Å². The van der Waals surface area contributed by atoms with Crippen LogP contribution in [0.5, 0.6) is 0 Å². The molecule has 0 spiro atoms. The van der Waals surface area contributed by atoms with Crippen LogP contribution in [0.15, 0.2) is 12.2 Å². The normalized spacial score (nSPS) is 33.5. The molecule has 21 heavy (non-hydrogen) atoms. The van der Waals surface area contributed by atoms with Crippen molar-refractivity contribution < 1.29 is 32.2 Å². The maximum Gasteiger partial charge on any atom is 0.420 e. The van der Waals surface area contributed by atoms with Crippen LogP contribution in [0.1, 0.15) is 26.7 Å². The van der Waals surface area contributed by atoms with Gasteiger partial charge in [0.05, 0.1) is 0 Å². The van der Waals surface area contributed by atoms with Gasteiger partial charge in [0.15, 0.2) is 0 Å². The van der Waals surface area contributed by atoms with Crippen LogP contribution in [0.25, 0.3) is 0 Å². The monoisotopic (exact) mass is 314 g/mol. The van der Waals surface area contributed by atoms with E-state index in [2.05, 4.69) is 0 Å². The van der Waals surface area contributed by atoms with Crippen molar-refractivity contribution >= 4 is 0 Å². The number of aliphatic hydroxyl groups excluding tert-OH is 1. The fourth-order valence-corrected chi connectivity index (χ4v) is 3.77. The number of allylic oxidation sites excluding steroid dienone is 2. The molecular formula is C14H19F5O2. The predicted molar refractivity (Wildman–Crippen MR) is 65.6 cm³/mol. The van der Waals surface area contributed by atoms with Crippen molar-refractivity contribution in [3.8, 4) is 0 Å². The Kier molecular flexibility index (Phi) is 3.90. The minimum atomic E-state index is -5.49. The second kappa shape index (κ2) is 4.91. The van der Waals surface area contributed by atoms with E-state index in [1.54, 1.807) is 6.08 Å². The lowest BCUT2D eigenvalue weighted by Gasteiger charge is -2.47. The summed E-state index contributed by atoms with van der Waals surface area (Å²) in [5.74, 6) is -7.12. The third kappa shape index (κ3) is 2.38. The molecule has 5 unspecified atom stereocenters. The van der Waals surface area contributed by atoms with Gasteiger partial charge in [0, 0.05) is 5.92 Å². The smallest absolute Gasteiger partial charge is 0.383 e. The van der Waals surface area contributed by atoms with E-state index in [0.717, 1.165) is 0 Å². The molecule has 0 saturated heterocycles. The first kappa shape index (κ1) is 16.7. The van der Waals surface area contributed by atoms with Crippen molar-refractivity contribution in [2.75, 3.05) is 0 Å². The van der Waals surface area contributed by atoms with Gasteiger partial charge < -0.3 is 10.2 Å². The zero-order chi connectivity index (χ0) is 16.2. The van der Waals surface area contributed by atoms with Crippen LogP contribution >= 0.6 is 0 Å². The Bertz CT molecular complexity index is 432. The number of hydrogen-bond acceptors (Lipinski definition) is 2. The number of fused-ring (bicyclic) bond motifs is 2. The number of halogens is 5. The molecular weight excluding hydrogens is 295 g/mol. The van der Waals surface area contributed by atoms with E-state index >= 15 is 0 Å². The standard InChI is InChI=1S/C14H19F5O2/c1-7(2)12(21,10-6-8-3-4-9(10)5-8)13(15,16)11(20)14(17,18)19/h3-4,7-11,20-21H,5-6H2,1-2H3. The molecule has 0 aliphatic heterocycles. The first-order chi connectivity index (χ1) is 9.42. The van der Waals surface area contributed by atoms with E-state index < -0.39 is 35.6 Å². The maximum absolute atomic E-state index is 14.3.